The minimum Gasteiger partial charge on any atom is -0.0998 e. The van der Waals surface area contributed by atoms with Gasteiger partial charge in [-0.15, -0.1) is 0 Å². The zero-order valence-corrected chi connectivity index (χ0v) is 7.69. The van der Waals surface area contributed by atoms with Crippen molar-refractivity contribution in [3.05, 3.63) is 23.8 Å². The fourth-order valence-electron chi connectivity index (χ4n) is 1.74. The summed E-state index contributed by atoms with van der Waals surface area (Å²) in [5.74, 6) is 0.898. The molecule has 0 N–H and O–H groups in total. The lowest BCUT2D eigenvalue weighted by Gasteiger charge is -2.18. The summed E-state index contributed by atoms with van der Waals surface area (Å²) in [6, 6.07) is 0. The molecule has 0 saturated heterocycles. The fraction of sp³-hybridized carbons (Fsp3) is 0.636. The van der Waals surface area contributed by atoms with Crippen molar-refractivity contribution < 1.29 is 0 Å². The summed E-state index contributed by atoms with van der Waals surface area (Å²) in [5.41, 5.74) is 2.90. The highest BCUT2D eigenvalue weighted by Crippen LogP contribution is 2.26. The van der Waals surface area contributed by atoms with Crippen LogP contribution in [0.25, 0.3) is 0 Å². The summed E-state index contributed by atoms with van der Waals surface area (Å²) in [4.78, 5) is 0. The SMILES string of the molecule is C=C(C)CC1=CCCC(C)C1. The van der Waals surface area contributed by atoms with Crippen molar-refractivity contribution in [2.24, 2.45) is 5.92 Å². The van der Waals surface area contributed by atoms with Gasteiger partial charge >= 0.3 is 0 Å². The monoisotopic (exact) mass is 150 g/mol. The smallest absolute Gasteiger partial charge is 0.0114 e. The van der Waals surface area contributed by atoms with Gasteiger partial charge < -0.3 is 0 Å². The Morgan fingerprint density at radius 1 is 1.73 bits per heavy atom. The fourth-order valence-corrected chi connectivity index (χ4v) is 1.74. The van der Waals surface area contributed by atoms with Gasteiger partial charge in [0.1, 0.15) is 0 Å². The molecule has 0 heterocycles. The van der Waals surface area contributed by atoms with E-state index in [1.54, 1.807) is 5.57 Å². The third-order valence-electron chi connectivity index (χ3n) is 2.23. The van der Waals surface area contributed by atoms with Gasteiger partial charge in [0.25, 0.3) is 0 Å². The molecule has 0 nitrogen and oxygen atoms in total. The number of hydrogen-bond acceptors (Lipinski definition) is 0. The van der Waals surface area contributed by atoms with Crippen LogP contribution in [0.15, 0.2) is 23.8 Å². The second kappa shape index (κ2) is 3.75. The maximum atomic E-state index is 3.93. The zero-order chi connectivity index (χ0) is 8.27. The third-order valence-corrected chi connectivity index (χ3v) is 2.23. The molecule has 0 aliphatic heterocycles. The lowest BCUT2D eigenvalue weighted by Crippen LogP contribution is -2.02. The first kappa shape index (κ1) is 8.58. The van der Waals surface area contributed by atoms with Gasteiger partial charge in [0.05, 0.1) is 0 Å². The number of hydrogen-bond donors (Lipinski definition) is 0. The van der Waals surface area contributed by atoms with Crippen LogP contribution < -0.4 is 0 Å². The highest BCUT2D eigenvalue weighted by Gasteiger charge is 2.10. The summed E-state index contributed by atoms with van der Waals surface area (Å²) in [6.07, 6.45) is 7.48. The largest absolute Gasteiger partial charge is 0.0998 e. The summed E-state index contributed by atoms with van der Waals surface area (Å²) >= 11 is 0. The van der Waals surface area contributed by atoms with Gasteiger partial charge in [0, 0.05) is 0 Å². The van der Waals surface area contributed by atoms with Crippen LogP contribution in [0.3, 0.4) is 0 Å². The molecule has 1 rings (SSSR count). The van der Waals surface area contributed by atoms with Gasteiger partial charge in [-0.1, -0.05) is 30.7 Å². The van der Waals surface area contributed by atoms with Crippen molar-refractivity contribution in [2.45, 2.75) is 39.5 Å². The highest BCUT2D eigenvalue weighted by atomic mass is 14.2. The Hall–Kier alpha value is -0.520. The molecule has 0 fully saturated rings. The van der Waals surface area contributed by atoms with Crippen LogP contribution in [-0.2, 0) is 0 Å². The third kappa shape index (κ3) is 2.92. The highest BCUT2D eigenvalue weighted by molar-refractivity contribution is 5.13. The molecule has 1 aliphatic carbocycles. The lowest BCUT2D eigenvalue weighted by atomic mass is 9.88. The lowest BCUT2D eigenvalue weighted by molar-refractivity contribution is 0.504. The number of rotatable bonds is 2. The quantitative estimate of drug-likeness (QED) is 0.526. The van der Waals surface area contributed by atoms with Crippen LogP contribution in [0.5, 0.6) is 0 Å². The maximum Gasteiger partial charge on any atom is -0.0114 e. The van der Waals surface area contributed by atoms with E-state index in [2.05, 4.69) is 26.5 Å². The summed E-state index contributed by atoms with van der Waals surface area (Å²) in [5, 5.41) is 0. The molecule has 1 unspecified atom stereocenters. The van der Waals surface area contributed by atoms with Crippen molar-refractivity contribution in [1.82, 2.24) is 0 Å². The normalized spacial score (nSPS) is 24.5. The van der Waals surface area contributed by atoms with Gasteiger partial charge in [0.15, 0.2) is 0 Å². The Kier molecular flexibility index (Phi) is 2.92. The Balaban J connectivity index is 2.44. The minimum atomic E-state index is 0.898. The Bertz CT molecular complexity index is 174. The predicted molar refractivity (Wildman–Crippen MR) is 50.5 cm³/mol. The van der Waals surface area contributed by atoms with E-state index in [0.717, 1.165) is 12.3 Å². The first-order valence-corrected chi connectivity index (χ1v) is 4.50. The van der Waals surface area contributed by atoms with E-state index < -0.39 is 0 Å². The van der Waals surface area contributed by atoms with Crippen molar-refractivity contribution >= 4 is 0 Å². The molecular formula is C11H18. The van der Waals surface area contributed by atoms with E-state index in [1.807, 2.05) is 0 Å². The minimum absolute atomic E-state index is 0.898. The van der Waals surface area contributed by atoms with Crippen molar-refractivity contribution in [2.75, 3.05) is 0 Å². The maximum absolute atomic E-state index is 3.93. The van der Waals surface area contributed by atoms with E-state index in [4.69, 9.17) is 0 Å². The Morgan fingerprint density at radius 3 is 3.00 bits per heavy atom. The average molecular weight is 150 g/mol. The molecule has 1 aliphatic rings. The van der Waals surface area contributed by atoms with Gasteiger partial charge in [-0.25, -0.2) is 0 Å². The van der Waals surface area contributed by atoms with Gasteiger partial charge in [-0.05, 0) is 38.5 Å². The van der Waals surface area contributed by atoms with Crippen molar-refractivity contribution in [3.8, 4) is 0 Å². The Labute approximate surface area is 70.0 Å². The van der Waals surface area contributed by atoms with E-state index in [9.17, 15) is 0 Å². The molecule has 0 amide bonds. The molecule has 0 aromatic carbocycles. The molecule has 1 atom stereocenters. The Morgan fingerprint density at radius 2 is 2.45 bits per heavy atom. The first-order valence-electron chi connectivity index (χ1n) is 4.50. The van der Waals surface area contributed by atoms with Crippen molar-refractivity contribution in [3.63, 3.8) is 0 Å². The van der Waals surface area contributed by atoms with Crippen LogP contribution in [0.4, 0.5) is 0 Å². The molecular weight excluding hydrogens is 132 g/mol. The standard InChI is InChI=1S/C11H18/c1-9(2)7-11-6-4-5-10(3)8-11/h6,10H,1,4-5,7-8H2,2-3H3. The second-order valence-electron chi connectivity index (χ2n) is 3.88. The first-order chi connectivity index (χ1) is 5.18. The topological polar surface area (TPSA) is 0 Å². The molecule has 0 radical (unpaired) electrons. The second-order valence-corrected chi connectivity index (χ2v) is 3.88. The van der Waals surface area contributed by atoms with Crippen LogP contribution in [0.1, 0.15) is 39.5 Å². The van der Waals surface area contributed by atoms with E-state index >= 15 is 0 Å². The van der Waals surface area contributed by atoms with Crippen LogP contribution >= 0.6 is 0 Å². The molecule has 11 heavy (non-hydrogen) atoms. The summed E-state index contributed by atoms with van der Waals surface area (Å²) < 4.78 is 0. The van der Waals surface area contributed by atoms with Crippen LogP contribution in [-0.4, -0.2) is 0 Å². The van der Waals surface area contributed by atoms with Gasteiger partial charge in [-0.3, -0.25) is 0 Å². The molecule has 0 spiro atoms. The number of allylic oxidation sites excluding steroid dienone is 3. The summed E-state index contributed by atoms with van der Waals surface area (Å²) in [7, 11) is 0. The van der Waals surface area contributed by atoms with Gasteiger partial charge in [0.2, 0.25) is 0 Å². The van der Waals surface area contributed by atoms with E-state index in [0.29, 0.717) is 0 Å². The van der Waals surface area contributed by atoms with Crippen molar-refractivity contribution in [1.29, 1.82) is 0 Å². The molecule has 62 valence electrons. The van der Waals surface area contributed by atoms with Crippen LogP contribution in [0.2, 0.25) is 0 Å². The predicted octanol–water partition coefficient (Wildman–Crippen LogP) is 3.70. The molecule has 0 aromatic rings. The summed E-state index contributed by atoms with van der Waals surface area (Å²) in [6.45, 7) is 8.38. The molecule has 0 heteroatoms. The molecule has 0 saturated carbocycles. The van der Waals surface area contributed by atoms with Crippen LogP contribution in [0, 0.1) is 5.92 Å². The average Bonchev–Trinajstić information content (AvgIpc) is 1.85. The van der Waals surface area contributed by atoms with Gasteiger partial charge in [-0.2, -0.15) is 0 Å². The van der Waals surface area contributed by atoms with E-state index in [-0.39, 0.29) is 0 Å². The van der Waals surface area contributed by atoms with E-state index in [1.165, 1.54) is 24.8 Å². The molecule has 0 aromatic heterocycles. The molecule has 0 bridgehead atoms. The zero-order valence-electron chi connectivity index (χ0n) is 7.69.